The number of nitrogens with one attached hydrogen (secondary N) is 3. The third-order valence-corrected chi connectivity index (χ3v) is 7.19. The van der Waals surface area contributed by atoms with Crippen molar-refractivity contribution < 1.29 is 14.4 Å². The number of hydrogen-bond acceptors (Lipinski definition) is 5. The highest BCUT2D eigenvalue weighted by Gasteiger charge is 2.40. The van der Waals surface area contributed by atoms with Gasteiger partial charge < -0.3 is 15.5 Å². The standard InChI is InChI=1S/C22H28N4O3/c27-19-8-7-18(21(28)25-19)26-12-15-5-1-4-14(20(15)22(26)29)10-24-17-6-2-3-13-9-23-11-16(13)17/h1,4-5,13,16-18,23-24H,2-3,6-12H2,(H,25,27,28). The first kappa shape index (κ1) is 18.8. The fraction of sp³-hybridized carbons (Fsp3) is 0.591. The number of carbonyl (C=O) groups excluding carboxylic acids is 3. The van der Waals surface area contributed by atoms with Crippen molar-refractivity contribution in [2.75, 3.05) is 13.1 Å². The van der Waals surface area contributed by atoms with E-state index >= 15 is 0 Å². The second-order valence-electron chi connectivity index (χ2n) is 8.85. The first-order valence-corrected chi connectivity index (χ1v) is 10.8. The van der Waals surface area contributed by atoms with Gasteiger partial charge in [0.05, 0.1) is 0 Å². The van der Waals surface area contributed by atoms with Crippen LogP contribution in [0.5, 0.6) is 0 Å². The number of benzene rings is 1. The van der Waals surface area contributed by atoms with Gasteiger partial charge in [0.2, 0.25) is 11.8 Å². The van der Waals surface area contributed by atoms with Crippen LogP contribution in [0.15, 0.2) is 18.2 Å². The van der Waals surface area contributed by atoms with Crippen LogP contribution in [0, 0.1) is 11.8 Å². The van der Waals surface area contributed by atoms with Gasteiger partial charge in [-0.15, -0.1) is 0 Å². The van der Waals surface area contributed by atoms with E-state index in [4.69, 9.17) is 0 Å². The van der Waals surface area contributed by atoms with Gasteiger partial charge in [-0.3, -0.25) is 19.7 Å². The molecule has 3 heterocycles. The Morgan fingerprint density at radius 2 is 2.00 bits per heavy atom. The summed E-state index contributed by atoms with van der Waals surface area (Å²) >= 11 is 0. The molecule has 1 saturated carbocycles. The highest BCUT2D eigenvalue weighted by molar-refractivity contribution is 6.05. The first-order valence-electron chi connectivity index (χ1n) is 10.8. The van der Waals surface area contributed by atoms with Gasteiger partial charge in [0.15, 0.2) is 0 Å². The molecule has 7 heteroatoms. The Balaban J connectivity index is 1.31. The molecule has 7 nitrogen and oxygen atoms in total. The number of imide groups is 1. The van der Waals surface area contributed by atoms with Crippen molar-refractivity contribution in [2.24, 2.45) is 11.8 Å². The van der Waals surface area contributed by atoms with E-state index in [2.05, 4.69) is 16.0 Å². The van der Waals surface area contributed by atoms with Gasteiger partial charge in [-0.05, 0) is 55.3 Å². The van der Waals surface area contributed by atoms with Gasteiger partial charge in [0.25, 0.3) is 5.91 Å². The zero-order chi connectivity index (χ0) is 20.0. The van der Waals surface area contributed by atoms with Crippen molar-refractivity contribution in [1.82, 2.24) is 20.9 Å². The predicted molar refractivity (Wildman–Crippen MR) is 107 cm³/mol. The Hall–Kier alpha value is -2.25. The Bertz CT molecular complexity index is 854. The maximum atomic E-state index is 13.2. The van der Waals surface area contributed by atoms with E-state index in [1.165, 1.54) is 19.3 Å². The van der Waals surface area contributed by atoms with Crippen LogP contribution < -0.4 is 16.0 Å². The Kier molecular flexibility index (Phi) is 4.87. The first-order chi connectivity index (χ1) is 14.1. The van der Waals surface area contributed by atoms with Gasteiger partial charge in [0, 0.05) is 31.1 Å². The lowest BCUT2D eigenvalue weighted by Crippen LogP contribution is -2.52. The van der Waals surface area contributed by atoms with E-state index in [0.29, 0.717) is 31.5 Å². The van der Waals surface area contributed by atoms with Crippen LogP contribution in [0.4, 0.5) is 0 Å². The molecule has 3 aliphatic heterocycles. The van der Waals surface area contributed by atoms with Crippen molar-refractivity contribution in [3.05, 3.63) is 34.9 Å². The van der Waals surface area contributed by atoms with Crippen LogP contribution in [-0.4, -0.2) is 47.8 Å². The molecular formula is C22H28N4O3. The van der Waals surface area contributed by atoms with Gasteiger partial charge in [0.1, 0.15) is 6.04 Å². The monoisotopic (exact) mass is 396 g/mol. The molecule has 5 rings (SSSR count). The summed E-state index contributed by atoms with van der Waals surface area (Å²) in [7, 11) is 0. The minimum Gasteiger partial charge on any atom is -0.322 e. The van der Waals surface area contributed by atoms with Crippen molar-refractivity contribution >= 4 is 17.7 Å². The molecule has 4 atom stereocenters. The van der Waals surface area contributed by atoms with Crippen molar-refractivity contribution in [3.63, 3.8) is 0 Å². The molecule has 4 unspecified atom stereocenters. The van der Waals surface area contributed by atoms with Crippen LogP contribution in [-0.2, 0) is 22.7 Å². The van der Waals surface area contributed by atoms with Crippen LogP contribution in [0.2, 0.25) is 0 Å². The Morgan fingerprint density at radius 3 is 2.86 bits per heavy atom. The molecule has 29 heavy (non-hydrogen) atoms. The van der Waals surface area contributed by atoms with Crippen LogP contribution in [0.25, 0.3) is 0 Å². The number of nitrogens with zero attached hydrogens (tertiary/aromatic N) is 1. The molecule has 0 bridgehead atoms. The largest absolute Gasteiger partial charge is 0.322 e. The highest BCUT2D eigenvalue weighted by atomic mass is 16.2. The summed E-state index contributed by atoms with van der Waals surface area (Å²) in [5, 5.41) is 9.63. The van der Waals surface area contributed by atoms with E-state index in [-0.39, 0.29) is 24.1 Å². The zero-order valence-electron chi connectivity index (χ0n) is 16.6. The molecule has 2 saturated heterocycles. The molecule has 4 aliphatic rings. The summed E-state index contributed by atoms with van der Waals surface area (Å²) in [6, 6.07) is 5.92. The average Bonchev–Trinajstić information content (AvgIpc) is 3.32. The van der Waals surface area contributed by atoms with E-state index in [1.54, 1.807) is 4.90 Å². The number of rotatable bonds is 4. The van der Waals surface area contributed by atoms with Crippen molar-refractivity contribution in [3.8, 4) is 0 Å². The molecule has 154 valence electrons. The molecule has 3 amide bonds. The predicted octanol–water partition coefficient (Wildman–Crippen LogP) is 0.925. The van der Waals surface area contributed by atoms with Gasteiger partial charge in [-0.1, -0.05) is 24.6 Å². The summed E-state index contributed by atoms with van der Waals surface area (Å²) in [5.74, 6) is 0.746. The number of hydrogen-bond donors (Lipinski definition) is 3. The summed E-state index contributed by atoms with van der Waals surface area (Å²) < 4.78 is 0. The highest BCUT2D eigenvalue weighted by Crippen LogP contribution is 2.34. The van der Waals surface area contributed by atoms with Gasteiger partial charge >= 0.3 is 0 Å². The quantitative estimate of drug-likeness (QED) is 0.659. The third kappa shape index (κ3) is 3.36. The second-order valence-corrected chi connectivity index (χ2v) is 8.85. The van der Waals surface area contributed by atoms with Crippen molar-refractivity contribution in [2.45, 2.75) is 57.3 Å². The molecule has 0 radical (unpaired) electrons. The van der Waals surface area contributed by atoms with E-state index < -0.39 is 6.04 Å². The zero-order valence-corrected chi connectivity index (χ0v) is 16.6. The smallest absolute Gasteiger partial charge is 0.255 e. The molecule has 0 aromatic heterocycles. The van der Waals surface area contributed by atoms with E-state index in [9.17, 15) is 14.4 Å². The summed E-state index contributed by atoms with van der Waals surface area (Å²) in [5.41, 5.74) is 2.72. The Morgan fingerprint density at radius 1 is 1.10 bits per heavy atom. The second kappa shape index (κ2) is 7.54. The van der Waals surface area contributed by atoms with Crippen LogP contribution in [0.1, 0.15) is 53.6 Å². The molecular weight excluding hydrogens is 368 g/mol. The fourth-order valence-corrected chi connectivity index (χ4v) is 5.69. The molecule has 0 spiro atoms. The van der Waals surface area contributed by atoms with Crippen molar-refractivity contribution in [1.29, 1.82) is 0 Å². The minimum atomic E-state index is -0.558. The normalized spacial score (nSPS) is 31.6. The van der Waals surface area contributed by atoms with Crippen LogP contribution >= 0.6 is 0 Å². The topological polar surface area (TPSA) is 90.5 Å². The molecule has 1 aromatic carbocycles. The third-order valence-electron chi connectivity index (χ3n) is 7.19. The molecule has 1 aromatic rings. The lowest BCUT2D eigenvalue weighted by Gasteiger charge is -2.34. The maximum absolute atomic E-state index is 13.2. The molecule has 3 fully saturated rings. The summed E-state index contributed by atoms with van der Waals surface area (Å²) in [4.78, 5) is 38.6. The lowest BCUT2D eigenvalue weighted by molar-refractivity contribution is -0.136. The van der Waals surface area contributed by atoms with E-state index in [1.807, 2.05) is 18.2 Å². The molecule has 3 N–H and O–H groups in total. The number of amides is 3. The molecule has 1 aliphatic carbocycles. The average molecular weight is 396 g/mol. The SMILES string of the molecule is O=C1CCC(N2Cc3cccc(CNC4CCCC5CNCC54)c3C2=O)C(=O)N1. The maximum Gasteiger partial charge on any atom is 0.255 e. The Labute approximate surface area is 170 Å². The number of fused-ring (bicyclic) bond motifs is 2. The number of piperidine rings is 1. The minimum absolute atomic E-state index is 0.0871. The number of carbonyl (C=O) groups is 3. The van der Waals surface area contributed by atoms with Gasteiger partial charge in [-0.25, -0.2) is 0 Å². The van der Waals surface area contributed by atoms with Crippen LogP contribution in [0.3, 0.4) is 0 Å². The lowest BCUT2D eigenvalue weighted by atomic mass is 9.78. The summed E-state index contributed by atoms with van der Waals surface area (Å²) in [6.07, 6.45) is 4.44. The van der Waals surface area contributed by atoms with E-state index in [0.717, 1.165) is 35.7 Å². The summed E-state index contributed by atoms with van der Waals surface area (Å²) in [6.45, 7) is 3.32. The fourth-order valence-electron chi connectivity index (χ4n) is 5.69. The van der Waals surface area contributed by atoms with Gasteiger partial charge in [-0.2, -0.15) is 0 Å².